The summed E-state index contributed by atoms with van der Waals surface area (Å²) in [6.07, 6.45) is 2.93. The van der Waals surface area contributed by atoms with Gasteiger partial charge in [-0.05, 0) is 50.6 Å². The van der Waals surface area contributed by atoms with Gasteiger partial charge in [0, 0.05) is 48.5 Å². The molecule has 1 saturated heterocycles. The van der Waals surface area contributed by atoms with Crippen molar-refractivity contribution in [3.05, 3.63) is 50.9 Å². The number of hydrogen-bond acceptors (Lipinski definition) is 3. The third-order valence-electron chi connectivity index (χ3n) is 5.38. The molecule has 0 radical (unpaired) electrons. The smallest absolute Gasteiger partial charge is 0.274 e. The molecule has 0 spiro atoms. The van der Waals surface area contributed by atoms with Crippen LogP contribution in [0.5, 0.6) is 0 Å². The largest absolute Gasteiger partial charge is 0.304 e. The van der Waals surface area contributed by atoms with Crippen LogP contribution in [0.1, 0.15) is 17.7 Å². The van der Waals surface area contributed by atoms with Crippen LogP contribution in [-0.4, -0.2) is 58.8 Å². The van der Waals surface area contributed by atoms with E-state index < -0.39 is 0 Å². The lowest BCUT2D eigenvalue weighted by molar-refractivity contribution is 0.103. The maximum absolute atomic E-state index is 12.9. The van der Waals surface area contributed by atoms with Crippen LogP contribution in [0.15, 0.2) is 29.1 Å². The fraction of sp³-hybridized carbons (Fsp3) is 0.500. The van der Waals surface area contributed by atoms with Crippen LogP contribution in [0, 0.1) is 0 Å². The fourth-order valence-corrected chi connectivity index (χ4v) is 3.98. The molecule has 1 N–H and O–H groups in total. The van der Waals surface area contributed by atoms with E-state index in [0.717, 1.165) is 62.4 Å². The molecule has 0 bridgehead atoms. The average Bonchev–Trinajstić information content (AvgIpc) is 2.93. The van der Waals surface area contributed by atoms with Gasteiger partial charge in [0.05, 0.1) is 5.69 Å². The fourth-order valence-electron chi connectivity index (χ4n) is 3.85. The van der Waals surface area contributed by atoms with Crippen molar-refractivity contribution in [2.24, 2.45) is 0 Å². The van der Waals surface area contributed by atoms with Gasteiger partial charge < -0.3 is 4.90 Å². The Hall–Kier alpha value is -1.27. The van der Waals surface area contributed by atoms with E-state index in [2.05, 4.69) is 21.9 Å². The normalized spacial score (nSPS) is 21.6. The first-order chi connectivity index (χ1) is 11.6. The zero-order chi connectivity index (χ0) is 16.7. The minimum absolute atomic E-state index is 0. The Morgan fingerprint density at radius 2 is 1.80 bits per heavy atom. The molecule has 0 amide bonds. The lowest BCUT2D eigenvalue weighted by Crippen LogP contribution is -2.50. The molecule has 1 fully saturated rings. The van der Waals surface area contributed by atoms with Crippen molar-refractivity contribution in [2.45, 2.75) is 25.3 Å². The lowest BCUT2D eigenvalue weighted by Gasteiger charge is -2.39. The zero-order valence-corrected chi connectivity index (χ0v) is 15.9. The highest BCUT2D eigenvalue weighted by molar-refractivity contribution is 6.30. The summed E-state index contributed by atoms with van der Waals surface area (Å²) in [7, 11) is 2.17. The van der Waals surface area contributed by atoms with E-state index in [1.54, 1.807) is 4.68 Å². The summed E-state index contributed by atoms with van der Waals surface area (Å²) in [5.41, 5.74) is 2.99. The topological polar surface area (TPSA) is 44.3 Å². The zero-order valence-electron chi connectivity index (χ0n) is 14.4. The number of nitrogens with zero attached hydrogens (tertiary/aromatic N) is 3. The van der Waals surface area contributed by atoms with E-state index in [4.69, 9.17) is 11.6 Å². The number of piperazine rings is 1. The lowest BCUT2D eigenvalue weighted by atomic mass is 9.92. The first-order valence-electron chi connectivity index (χ1n) is 8.63. The maximum atomic E-state index is 12.9. The number of fused-ring (bicyclic) bond motifs is 1. The van der Waals surface area contributed by atoms with E-state index in [1.807, 2.05) is 24.3 Å². The summed E-state index contributed by atoms with van der Waals surface area (Å²) in [5.74, 6) is 0. The summed E-state index contributed by atoms with van der Waals surface area (Å²) in [4.78, 5) is 17.8. The number of aryl methyl sites for hydroxylation is 1. The van der Waals surface area contributed by atoms with Gasteiger partial charge in [-0.1, -0.05) is 11.6 Å². The third kappa shape index (κ3) is 3.65. The third-order valence-corrected chi connectivity index (χ3v) is 5.63. The quantitative estimate of drug-likeness (QED) is 0.866. The predicted octanol–water partition coefficient (Wildman–Crippen LogP) is 2.35. The van der Waals surface area contributed by atoms with Gasteiger partial charge in [0.1, 0.15) is 0 Å². The van der Waals surface area contributed by atoms with Crippen molar-refractivity contribution in [2.75, 3.05) is 33.2 Å². The average molecular weight is 383 g/mol. The first kappa shape index (κ1) is 18.5. The number of H-pyrrole nitrogens is 1. The Morgan fingerprint density at radius 1 is 1.12 bits per heavy atom. The molecule has 2 heterocycles. The highest BCUT2D eigenvalue weighted by Crippen LogP contribution is 2.23. The van der Waals surface area contributed by atoms with Crippen LogP contribution in [0.25, 0.3) is 5.69 Å². The number of hydrogen-bond donors (Lipinski definition) is 1. The van der Waals surface area contributed by atoms with Gasteiger partial charge in [-0.2, -0.15) is 0 Å². The minimum Gasteiger partial charge on any atom is -0.304 e. The Labute approximate surface area is 159 Å². The number of nitrogens with one attached hydrogen (secondary N) is 1. The van der Waals surface area contributed by atoms with Crippen LogP contribution in [0.2, 0.25) is 5.02 Å². The first-order valence-corrected chi connectivity index (χ1v) is 9.01. The molecule has 25 heavy (non-hydrogen) atoms. The van der Waals surface area contributed by atoms with E-state index >= 15 is 0 Å². The van der Waals surface area contributed by atoms with E-state index in [0.29, 0.717) is 11.1 Å². The van der Waals surface area contributed by atoms with E-state index in [1.165, 1.54) is 0 Å². The number of aromatic amines is 1. The highest BCUT2D eigenvalue weighted by atomic mass is 35.5. The molecule has 2 aliphatic rings. The molecule has 1 aromatic carbocycles. The van der Waals surface area contributed by atoms with E-state index in [9.17, 15) is 4.79 Å². The van der Waals surface area contributed by atoms with Crippen molar-refractivity contribution in [1.82, 2.24) is 19.6 Å². The second-order valence-electron chi connectivity index (χ2n) is 6.92. The molecule has 1 aromatic heterocycles. The number of likely N-dealkylation sites (N-methyl/N-ethyl adjacent to an activating group) is 1. The van der Waals surface area contributed by atoms with Gasteiger partial charge in [0.15, 0.2) is 0 Å². The molecule has 0 saturated carbocycles. The van der Waals surface area contributed by atoms with Crippen LogP contribution in [0.4, 0.5) is 0 Å². The Kier molecular flexibility index (Phi) is 5.58. The van der Waals surface area contributed by atoms with Crippen molar-refractivity contribution in [3.63, 3.8) is 0 Å². The van der Waals surface area contributed by atoms with Gasteiger partial charge in [0.25, 0.3) is 5.56 Å². The second-order valence-corrected chi connectivity index (χ2v) is 7.36. The van der Waals surface area contributed by atoms with Crippen LogP contribution < -0.4 is 5.56 Å². The Morgan fingerprint density at radius 3 is 2.48 bits per heavy atom. The molecule has 136 valence electrons. The van der Waals surface area contributed by atoms with Crippen molar-refractivity contribution in [3.8, 4) is 5.69 Å². The molecular formula is C18H24Cl2N4O. The highest BCUT2D eigenvalue weighted by Gasteiger charge is 2.29. The molecule has 4 rings (SSSR count). The molecule has 1 aliphatic heterocycles. The van der Waals surface area contributed by atoms with Crippen molar-refractivity contribution in [1.29, 1.82) is 0 Å². The maximum Gasteiger partial charge on any atom is 0.274 e. The van der Waals surface area contributed by atoms with Crippen LogP contribution in [0.3, 0.4) is 0 Å². The number of halogens is 2. The molecule has 1 unspecified atom stereocenters. The molecule has 2 aromatic rings. The van der Waals surface area contributed by atoms with Gasteiger partial charge in [-0.15, -0.1) is 12.4 Å². The number of rotatable bonds is 2. The Balaban J connectivity index is 0.00000182. The molecular weight excluding hydrogens is 359 g/mol. The van der Waals surface area contributed by atoms with Gasteiger partial charge in [-0.25, -0.2) is 4.68 Å². The van der Waals surface area contributed by atoms with Crippen LogP contribution >= 0.6 is 24.0 Å². The predicted molar refractivity (Wildman–Crippen MR) is 104 cm³/mol. The molecule has 1 aliphatic carbocycles. The molecule has 7 heteroatoms. The van der Waals surface area contributed by atoms with Gasteiger partial charge in [-0.3, -0.25) is 14.8 Å². The summed E-state index contributed by atoms with van der Waals surface area (Å²) >= 11 is 5.95. The monoisotopic (exact) mass is 382 g/mol. The Bertz CT molecular complexity index is 775. The number of aromatic nitrogens is 2. The molecule has 1 atom stereocenters. The number of benzene rings is 1. The van der Waals surface area contributed by atoms with Crippen LogP contribution in [-0.2, 0) is 12.8 Å². The van der Waals surface area contributed by atoms with Crippen molar-refractivity contribution < 1.29 is 0 Å². The van der Waals surface area contributed by atoms with Gasteiger partial charge >= 0.3 is 0 Å². The molecule has 5 nitrogen and oxygen atoms in total. The minimum atomic E-state index is 0. The standard InChI is InChI=1S/C18H23ClN4O.ClH/c1-21-8-10-22(11-9-21)15-6-7-17-16(12-15)18(24)23(20-17)14-4-2-13(19)3-5-14;/h2-5,15,20H,6-12H2,1H3;1H. The summed E-state index contributed by atoms with van der Waals surface area (Å²) in [5, 5.41) is 3.98. The van der Waals surface area contributed by atoms with Gasteiger partial charge in [0.2, 0.25) is 0 Å². The summed E-state index contributed by atoms with van der Waals surface area (Å²) in [6, 6.07) is 7.88. The van der Waals surface area contributed by atoms with E-state index in [-0.39, 0.29) is 18.0 Å². The van der Waals surface area contributed by atoms with Crippen molar-refractivity contribution >= 4 is 24.0 Å². The summed E-state index contributed by atoms with van der Waals surface area (Å²) < 4.78 is 1.66. The summed E-state index contributed by atoms with van der Waals surface area (Å²) in [6.45, 7) is 4.44. The SMILES string of the molecule is CN1CCN(C2CCc3[nH]n(-c4ccc(Cl)cc4)c(=O)c3C2)CC1.Cl. The second kappa shape index (κ2) is 7.54.